The Balaban J connectivity index is 0.000000150. The van der Waals surface area contributed by atoms with E-state index in [2.05, 4.69) is 56.0 Å². The number of hydrogen-bond acceptors (Lipinski definition) is 21. The van der Waals surface area contributed by atoms with Crippen LogP contribution in [0.5, 0.6) is 52.1 Å². The number of aromatic hydroxyl groups is 1. The Kier molecular flexibility index (Phi) is 21.7. The number of methoxy groups -OCH3 is 2. The van der Waals surface area contributed by atoms with Crippen LogP contribution in [0, 0.1) is 0 Å². The van der Waals surface area contributed by atoms with Crippen molar-refractivity contribution in [3.05, 3.63) is 223 Å². The molecule has 27 nitrogen and oxygen atoms in total. The fourth-order valence-corrected chi connectivity index (χ4v) is 8.50. The Labute approximate surface area is 534 Å². The number of aromatic nitrogens is 13. The normalized spacial score (nSPS) is 10.7. The van der Waals surface area contributed by atoms with Gasteiger partial charge in [-0.2, -0.15) is 13.2 Å². The number of hydrogen-bond donors (Lipinski definition) is 5. The van der Waals surface area contributed by atoms with Crippen LogP contribution in [0.2, 0.25) is 0 Å². The first-order valence-corrected chi connectivity index (χ1v) is 27.9. The van der Waals surface area contributed by atoms with Crippen molar-refractivity contribution in [2.24, 2.45) is 0 Å². The van der Waals surface area contributed by atoms with Crippen LogP contribution in [-0.4, -0.2) is 137 Å². The lowest BCUT2D eigenvalue weighted by molar-refractivity contribution is -0.192. The lowest BCUT2D eigenvalue weighted by Gasteiger charge is -2.11. The fourth-order valence-electron chi connectivity index (χ4n) is 8.50. The second-order valence-corrected chi connectivity index (χ2v) is 19.5. The zero-order valence-electron chi connectivity index (χ0n) is 50.0. The van der Waals surface area contributed by atoms with E-state index in [0.29, 0.717) is 36.1 Å². The maximum atomic E-state index is 12.4. The SMILES string of the molecule is CCOC(=O)c1nnn(Cc2ccc(OC)cc2)c1Oc1ccc2cnccc2c1.COc1ccc(Cn2nnc(C(=O)O)c2Oc2ccc3cnccc3c2)cc1.O=C(O)C(F)(F)F.O=C(O)c1[nH]nnc1Oc1ccc2cnccc2c1.Oc1ccc2cnccc2c1. The number of halogens is 3. The van der Waals surface area contributed by atoms with Crippen molar-refractivity contribution < 1.29 is 81.2 Å². The van der Waals surface area contributed by atoms with Crippen molar-refractivity contribution in [2.45, 2.75) is 26.2 Å². The van der Waals surface area contributed by atoms with Crippen LogP contribution in [-0.2, 0) is 22.6 Å². The molecule has 0 saturated carbocycles. The highest BCUT2D eigenvalue weighted by Gasteiger charge is 2.38. The van der Waals surface area contributed by atoms with Gasteiger partial charge in [0.15, 0.2) is 0 Å². The summed E-state index contributed by atoms with van der Waals surface area (Å²) in [5, 5.41) is 67.5. The van der Waals surface area contributed by atoms with E-state index in [1.165, 1.54) is 9.36 Å². The predicted molar refractivity (Wildman–Crippen MR) is 333 cm³/mol. The number of aromatic amines is 1. The third-order valence-corrected chi connectivity index (χ3v) is 13.1. The van der Waals surface area contributed by atoms with Gasteiger partial charge in [0, 0.05) is 71.1 Å². The van der Waals surface area contributed by atoms with Crippen LogP contribution in [0.25, 0.3) is 43.1 Å². The Bertz CT molecular complexity index is 4800. The monoisotopic (exact) mass is 1300 g/mol. The Morgan fingerprint density at radius 3 is 1.27 bits per heavy atom. The van der Waals surface area contributed by atoms with Gasteiger partial charge in [-0.25, -0.2) is 33.6 Å². The first-order chi connectivity index (χ1) is 45.8. The van der Waals surface area contributed by atoms with Gasteiger partial charge >= 0.3 is 30.1 Å². The Morgan fingerprint density at radius 2 is 0.874 bits per heavy atom. The molecule has 13 aromatic rings. The summed E-state index contributed by atoms with van der Waals surface area (Å²) in [5.74, 6) is -2.20. The average molecular weight is 1300 g/mol. The number of ether oxygens (including phenoxy) is 6. The Hall–Kier alpha value is -13.2. The number of phenols is 1. The van der Waals surface area contributed by atoms with Gasteiger partial charge in [-0.3, -0.25) is 19.9 Å². The highest BCUT2D eigenvalue weighted by molar-refractivity contribution is 5.91. The summed E-state index contributed by atoms with van der Waals surface area (Å²) in [6.07, 6.45) is 8.73. The molecule has 0 fully saturated rings. The van der Waals surface area contributed by atoms with E-state index in [1.807, 2.05) is 115 Å². The summed E-state index contributed by atoms with van der Waals surface area (Å²) in [6, 6.07) is 43.9. The molecule has 0 unspecified atom stereocenters. The standard InChI is InChI=1S/C22H20N4O4.C20H16N4O4.C12H8N4O3.C9H7NO.C2HF3O2/c1-3-29-22(27)20-21(30-19-9-6-17-13-23-11-10-16(17)12-19)26(25-24-20)14-15-4-7-18(28-2)8-5-15;1-27-16-5-2-13(3-6-16)12-24-19(18(20(25)26)22-23-24)28-17-7-4-15-11-21-9-8-14(15)10-17;17-12(18)10-11(15-16-14-10)19-9-2-1-8-6-13-4-3-7(8)5-9;11-9-2-1-8-6-10-4-3-7(8)5-9;3-2(4,5)1(6)7/h4-13H,3,14H2,1-2H3;2-11H,12H2,1H3,(H,25,26);1-6H,(H,17,18)(H,14,15,16);1-6,11H;(H,6,7). The highest BCUT2D eigenvalue weighted by Crippen LogP contribution is 2.31. The van der Waals surface area contributed by atoms with Crippen LogP contribution in [0.4, 0.5) is 13.2 Å². The molecule has 95 heavy (non-hydrogen) atoms. The number of nitrogens with one attached hydrogen (secondary N) is 1. The molecule has 0 saturated heterocycles. The number of fused-ring (bicyclic) bond motifs is 4. The van der Waals surface area contributed by atoms with E-state index >= 15 is 0 Å². The summed E-state index contributed by atoms with van der Waals surface area (Å²) in [7, 11) is 3.21. The van der Waals surface area contributed by atoms with Crippen molar-refractivity contribution in [2.75, 3.05) is 20.8 Å². The molecular formula is C65H52F3N13O14. The number of carboxylic acids is 3. The molecule has 6 aromatic carbocycles. The summed E-state index contributed by atoms with van der Waals surface area (Å²) < 4.78 is 67.5. The number of H-pyrrole nitrogens is 1. The number of esters is 1. The van der Waals surface area contributed by atoms with Crippen molar-refractivity contribution in [3.63, 3.8) is 0 Å². The molecule has 0 bridgehead atoms. The van der Waals surface area contributed by atoms with Gasteiger partial charge < -0.3 is 48.8 Å². The minimum Gasteiger partial charge on any atom is -0.508 e. The first-order valence-electron chi connectivity index (χ1n) is 27.9. The van der Waals surface area contributed by atoms with E-state index in [9.17, 15) is 32.7 Å². The number of aromatic carboxylic acids is 2. The van der Waals surface area contributed by atoms with E-state index in [4.69, 9.17) is 48.5 Å². The zero-order chi connectivity index (χ0) is 67.4. The number of carbonyl (C=O) groups is 4. The lowest BCUT2D eigenvalue weighted by atomic mass is 10.2. The van der Waals surface area contributed by atoms with Crippen LogP contribution in [0.1, 0.15) is 49.5 Å². The van der Waals surface area contributed by atoms with Gasteiger partial charge in [-0.05, 0) is 161 Å². The number of carbonyl (C=O) groups excluding carboxylic acids is 1. The maximum Gasteiger partial charge on any atom is 0.490 e. The van der Waals surface area contributed by atoms with Crippen LogP contribution in [0.3, 0.4) is 0 Å². The Morgan fingerprint density at radius 1 is 0.484 bits per heavy atom. The maximum absolute atomic E-state index is 12.4. The van der Waals surface area contributed by atoms with E-state index < -0.39 is 30.1 Å². The highest BCUT2D eigenvalue weighted by atomic mass is 19.4. The zero-order valence-corrected chi connectivity index (χ0v) is 50.0. The molecular weight excluding hydrogens is 1240 g/mol. The summed E-state index contributed by atoms with van der Waals surface area (Å²) >= 11 is 0. The van der Waals surface area contributed by atoms with Crippen molar-refractivity contribution >= 4 is 67.0 Å². The van der Waals surface area contributed by atoms with Crippen LogP contribution in [0.15, 0.2) is 195 Å². The molecule has 7 aromatic heterocycles. The minimum absolute atomic E-state index is 0.0280. The van der Waals surface area contributed by atoms with E-state index in [1.54, 1.807) is 101 Å². The summed E-state index contributed by atoms with van der Waals surface area (Å²) in [6.45, 7) is 2.63. The third kappa shape index (κ3) is 17.8. The quantitative estimate of drug-likeness (QED) is 0.0561. The number of rotatable bonds is 16. The molecule has 0 amide bonds. The van der Waals surface area contributed by atoms with Crippen molar-refractivity contribution in [1.82, 2.24) is 65.3 Å². The number of pyridine rings is 4. The summed E-state index contributed by atoms with van der Waals surface area (Å²) in [4.78, 5) is 59.9. The van der Waals surface area contributed by atoms with Crippen LogP contribution >= 0.6 is 0 Å². The van der Waals surface area contributed by atoms with Crippen molar-refractivity contribution in [3.8, 4) is 52.1 Å². The second-order valence-electron chi connectivity index (χ2n) is 19.5. The molecule has 482 valence electrons. The van der Waals surface area contributed by atoms with Crippen molar-refractivity contribution in [1.29, 1.82) is 0 Å². The van der Waals surface area contributed by atoms with Gasteiger partial charge in [-0.1, -0.05) is 45.0 Å². The molecule has 0 aliphatic rings. The number of carboxylic acid groups (broad SMARTS) is 3. The topological polar surface area (TPSA) is 359 Å². The lowest BCUT2D eigenvalue weighted by Crippen LogP contribution is -2.21. The first kappa shape index (κ1) is 66.3. The smallest absolute Gasteiger partial charge is 0.490 e. The summed E-state index contributed by atoms with van der Waals surface area (Å²) in [5.41, 5.74) is 1.45. The predicted octanol–water partition coefficient (Wildman–Crippen LogP) is 11.6. The molecule has 13 rings (SSSR count). The number of benzene rings is 6. The van der Waals surface area contributed by atoms with E-state index in [0.717, 1.165) is 65.7 Å². The minimum atomic E-state index is -5.08. The largest absolute Gasteiger partial charge is 0.508 e. The van der Waals surface area contributed by atoms with Gasteiger partial charge in [0.25, 0.3) is 17.6 Å². The molecule has 0 spiro atoms. The van der Waals surface area contributed by atoms with Crippen LogP contribution < -0.4 is 23.7 Å². The number of aliphatic carboxylic acids is 1. The number of nitrogens with zero attached hydrogens (tertiary/aromatic N) is 12. The van der Waals surface area contributed by atoms with Gasteiger partial charge in [0.05, 0.1) is 33.9 Å². The third-order valence-electron chi connectivity index (χ3n) is 13.1. The molecule has 0 aliphatic heterocycles. The molecule has 5 N–H and O–H groups in total. The van der Waals surface area contributed by atoms with Gasteiger partial charge in [0.2, 0.25) is 17.1 Å². The van der Waals surface area contributed by atoms with Gasteiger partial charge in [0.1, 0.15) is 34.5 Å². The van der Waals surface area contributed by atoms with Gasteiger partial charge in [-0.15, -0.1) is 10.2 Å². The molecule has 30 heteroatoms. The second kappa shape index (κ2) is 31.0. The number of phenolic OH excluding ortho intramolecular Hbond substituents is 1. The number of alkyl halides is 3. The molecule has 7 heterocycles. The molecule has 0 radical (unpaired) electrons. The fraction of sp³-hybridized carbons (Fsp3) is 0.108. The molecule has 0 atom stereocenters. The van der Waals surface area contributed by atoms with E-state index in [-0.39, 0.29) is 41.3 Å². The average Bonchev–Trinajstić information content (AvgIpc) is 1.77. The molecule has 0 aliphatic carbocycles.